The molecule has 17 heavy (non-hydrogen) atoms. The zero-order chi connectivity index (χ0) is 11.8. The van der Waals surface area contributed by atoms with Crippen molar-refractivity contribution in [3.8, 4) is 0 Å². The van der Waals surface area contributed by atoms with Gasteiger partial charge in [0, 0.05) is 18.5 Å². The molecule has 1 atom stereocenters. The fourth-order valence-corrected chi connectivity index (χ4v) is 2.02. The number of nitrogens with two attached hydrogens (primary N) is 1. The van der Waals surface area contributed by atoms with Crippen LogP contribution in [0.1, 0.15) is 48.0 Å². The van der Waals surface area contributed by atoms with Crippen molar-refractivity contribution in [2.45, 2.75) is 37.6 Å². The molecule has 4 N–H and O–H groups in total. The van der Waals surface area contributed by atoms with Gasteiger partial charge < -0.3 is 11.1 Å². The van der Waals surface area contributed by atoms with Crippen molar-refractivity contribution in [2.75, 3.05) is 6.54 Å². The zero-order valence-corrected chi connectivity index (χ0v) is 9.65. The summed E-state index contributed by atoms with van der Waals surface area (Å²) >= 11 is 0. The number of carbonyl (C=O) groups is 1. The molecule has 2 aliphatic carbocycles. The molecule has 1 unspecified atom stereocenters. The summed E-state index contributed by atoms with van der Waals surface area (Å²) in [7, 11) is 0. The lowest BCUT2D eigenvalue weighted by atomic mass is 10.2. The maximum absolute atomic E-state index is 11.9. The summed E-state index contributed by atoms with van der Waals surface area (Å²) in [6.45, 7) is 0.482. The molecule has 1 amide bonds. The summed E-state index contributed by atoms with van der Waals surface area (Å²) in [4.78, 5) is 16.1. The number of amides is 1. The molecule has 2 aliphatic rings. The second-order valence-corrected chi connectivity index (χ2v) is 4.97. The molecule has 0 spiro atoms. The molecule has 0 bridgehead atoms. The van der Waals surface area contributed by atoms with E-state index in [1.165, 1.54) is 0 Å². The summed E-state index contributed by atoms with van der Waals surface area (Å²) in [5.74, 6) is 1.90. The van der Waals surface area contributed by atoms with Gasteiger partial charge in [-0.2, -0.15) is 0 Å². The first-order valence-corrected chi connectivity index (χ1v) is 6.21. The van der Waals surface area contributed by atoms with Crippen LogP contribution in [0, 0.1) is 5.92 Å². The predicted octanol–water partition coefficient (Wildman–Crippen LogP) is 0.149. The summed E-state index contributed by atoms with van der Waals surface area (Å²) in [5, 5.41) is 9.70. The summed E-state index contributed by atoms with van der Waals surface area (Å²) in [6, 6.07) is 0.0744. The number of carbonyl (C=O) groups excluding carboxylic acids is 1. The van der Waals surface area contributed by atoms with E-state index in [1.807, 2.05) is 0 Å². The van der Waals surface area contributed by atoms with Crippen LogP contribution < -0.4 is 11.1 Å². The van der Waals surface area contributed by atoms with E-state index in [1.54, 1.807) is 0 Å². The number of aromatic nitrogens is 3. The van der Waals surface area contributed by atoms with Crippen molar-refractivity contribution < 1.29 is 4.79 Å². The molecule has 2 saturated carbocycles. The predicted molar refractivity (Wildman–Crippen MR) is 61.4 cm³/mol. The van der Waals surface area contributed by atoms with Crippen LogP contribution in [-0.4, -0.2) is 33.7 Å². The molecule has 6 nitrogen and oxygen atoms in total. The minimum Gasteiger partial charge on any atom is -0.345 e. The third kappa shape index (κ3) is 2.31. The van der Waals surface area contributed by atoms with Crippen molar-refractivity contribution in [3.63, 3.8) is 0 Å². The van der Waals surface area contributed by atoms with Crippen LogP contribution in [0.5, 0.6) is 0 Å². The van der Waals surface area contributed by atoms with E-state index >= 15 is 0 Å². The second-order valence-electron chi connectivity index (χ2n) is 4.97. The smallest absolute Gasteiger partial charge is 0.291 e. The molecule has 92 valence electrons. The standard InChI is InChI=1S/C11H17N5O/c12-5-8(6-1-2-6)13-11(17)10-14-9(15-16-10)7-3-4-7/h6-8H,1-5,12H2,(H,13,17)(H,14,15,16). The highest BCUT2D eigenvalue weighted by Crippen LogP contribution is 2.37. The summed E-state index contributed by atoms with van der Waals surface area (Å²) < 4.78 is 0. The second kappa shape index (κ2) is 4.10. The molecule has 0 radical (unpaired) electrons. The SMILES string of the molecule is NCC(NC(=O)c1n[nH]c(C2CC2)n1)C1CC1. The van der Waals surface area contributed by atoms with Crippen LogP contribution in [0.15, 0.2) is 0 Å². The molecule has 2 fully saturated rings. The largest absolute Gasteiger partial charge is 0.345 e. The molecular weight excluding hydrogens is 218 g/mol. The highest BCUT2D eigenvalue weighted by atomic mass is 16.2. The Morgan fingerprint density at radius 3 is 2.82 bits per heavy atom. The van der Waals surface area contributed by atoms with Gasteiger partial charge in [0.15, 0.2) is 0 Å². The van der Waals surface area contributed by atoms with Crippen molar-refractivity contribution in [1.82, 2.24) is 20.5 Å². The minimum atomic E-state index is -0.212. The van der Waals surface area contributed by atoms with Gasteiger partial charge in [-0.1, -0.05) is 0 Å². The van der Waals surface area contributed by atoms with Gasteiger partial charge in [0.1, 0.15) is 5.82 Å². The van der Waals surface area contributed by atoms with E-state index in [4.69, 9.17) is 5.73 Å². The maximum atomic E-state index is 11.9. The van der Waals surface area contributed by atoms with Crippen LogP contribution in [0.2, 0.25) is 0 Å². The van der Waals surface area contributed by atoms with Crippen LogP contribution in [-0.2, 0) is 0 Å². The Kier molecular flexibility index (Phi) is 2.58. The van der Waals surface area contributed by atoms with Gasteiger partial charge in [0.2, 0.25) is 5.82 Å². The van der Waals surface area contributed by atoms with E-state index in [0.717, 1.165) is 31.5 Å². The van der Waals surface area contributed by atoms with E-state index in [9.17, 15) is 4.79 Å². The van der Waals surface area contributed by atoms with Crippen LogP contribution in [0.25, 0.3) is 0 Å². The van der Waals surface area contributed by atoms with Crippen LogP contribution in [0.3, 0.4) is 0 Å². The number of H-pyrrole nitrogens is 1. The number of rotatable bonds is 5. The summed E-state index contributed by atoms with van der Waals surface area (Å²) in [5.41, 5.74) is 5.64. The number of nitrogens with one attached hydrogen (secondary N) is 2. The number of aromatic amines is 1. The molecule has 0 aromatic carbocycles. The van der Waals surface area contributed by atoms with Gasteiger partial charge in [-0.25, -0.2) is 4.98 Å². The topological polar surface area (TPSA) is 96.7 Å². The fourth-order valence-electron chi connectivity index (χ4n) is 2.02. The molecule has 0 aliphatic heterocycles. The minimum absolute atomic E-state index is 0.0744. The average molecular weight is 235 g/mol. The monoisotopic (exact) mass is 235 g/mol. The Morgan fingerprint density at radius 1 is 1.47 bits per heavy atom. The molecule has 6 heteroatoms. The molecule has 0 saturated heterocycles. The van der Waals surface area contributed by atoms with E-state index in [0.29, 0.717) is 18.4 Å². The van der Waals surface area contributed by atoms with Crippen molar-refractivity contribution in [2.24, 2.45) is 11.7 Å². The lowest BCUT2D eigenvalue weighted by Gasteiger charge is -2.14. The van der Waals surface area contributed by atoms with Gasteiger partial charge in [-0.3, -0.25) is 9.89 Å². The molecular formula is C11H17N5O. The van der Waals surface area contributed by atoms with Crippen LogP contribution in [0.4, 0.5) is 0 Å². The first-order chi connectivity index (χ1) is 8.28. The molecule has 3 rings (SSSR count). The van der Waals surface area contributed by atoms with Gasteiger partial charge >= 0.3 is 0 Å². The average Bonchev–Trinajstić information content (AvgIpc) is 3.25. The number of nitrogens with zero attached hydrogens (tertiary/aromatic N) is 2. The van der Waals surface area contributed by atoms with Crippen molar-refractivity contribution in [3.05, 3.63) is 11.6 Å². The normalized spacial score (nSPS) is 21.2. The maximum Gasteiger partial charge on any atom is 0.291 e. The highest BCUT2D eigenvalue weighted by molar-refractivity contribution is 5.90. The number of hydrogen-bond acceptors (Lipinski definition) is 4. The first kappa shape index (κ1) is 10.7. The van der Waals surface area contributed by atoms with Crippen LogP contribution >= 0.6 is 0 Å². The van der Waals surface area contributed by atoms with Gasteiger partial charge in [-0.15, -0.1) is 5.10 Å². The first-order valence-electron chi connectivity index (χ1n) is 6.21. The highest BCUT2D eigenvalue weighted by Gasteiger charge is 2.33. The van der Waals surface area contributed by atoms with Crippen molar-refractivity contribution >= 4 is 5.91 Å². The van der Waals surface area contributed by atoms with Gasteiger partial charge in [0.05, 0.1) is 0 Å². The lowest BCUT2D eigenvalue weighted by Crippen LogP contribution is -2.42. The van der Waals surface area contributed by atoms with Crippen molar-refractivity contribution in [1.29, 1.82) is 0 Å². The quantitative estimate of drug-likeness (QED) is 0.676. The Balaban J connectivity index is 1.63. The van der Waals surface area contributed by atoms with Gasteiger partial charge in [0.25, 0.3) is 5.91 Å². The van der Waals surface area contributed by atoms with E-state index < -0.39 is 0 Å². The molecule has 1 heterocycles. The molecule has 1 aromatic heterocycles. The Labute approximate surface area is 99.4 Å². The third-order valence-corrected chi connectivity index (χ3v) is 3.43. The third-order valence-electron chi connectivity index (χ3n) is 3.43. The lowest BCUT2D eigenvalue weighted by molar-refractivity contribution is 0.0923. The Hall–Kier alpha value is -1.43. The zero-order valence-electron chi connectivity index (χ0n) is 9.65. The Morgan fingerprint density at radius 2 is 2.24 bits per heavy atom. The number of hydrogen-bond donors (Lipinski definition) is 3. The Bertz CT molecular complexity index is 421. The van der Waals surface area contributed by atoms with Gasteiger partial charge in [-0.05, 0) is 31.6 Å². The molecule has 1 aromatic rings. The van der Waals surface area contributed by atoms with E-state index in [2.05, 4.69) is 20.5 Å². The summed E-state index contributed by atoms with van der Waals surface area (Å²) in [6.07, 6.45) is 4.60. The fraction of sp³-hybridized carbons (Fsp3) is 0.727. The van der Waals surface area contributed by atoms with E-state index in [-0.39, 0.29) is 17.8 Å².